The average molecular weight is 268 g/mol. The van der Waals surface area contributed by atoms with Gasteiger partial charge in [0, 0.05) is 0 Å². The first kappa shape index (κ1) is 16.5. The van der Waals surface area contributed by atoms with Gasteiger partial charge in [-0.15, -0.1) is 0 Å². The Labute approximate surface area is 125 Å². The highest BCUT2D eigenvalue weighted by molar-refractivity contribution is 5.45. The minimum Gasteiger partial charge on any atom is -0.0961 e. The summed E-state index contributed by atoms with van der Waals surface area (Å²) < 4.78 is 0. The molecule has 0 N–H and O–H groups in total. The Morgan fingerprint density at radius 3 is 1.80 bits per heavy atom. The topological polar surface area (TPSA) is 0 Å². The van der Waals surface area contributed by atoms with Gasteiger partial charge in [-0.1, -0.05) is 81.5 Å². The average Bonchev–Trinajstić information content (AvgIpc) is 2.42. The van der Waals surface area contributed by atoms with E-state index in [1.807, 2.05) is 25.2 Å². The summed E-state index contributed by atoms with van der Waals surface area (Å²) in [6.45, 7) is 20.4. The van der Waals surface area contributed by atoms with Gasteiger partial charge < -0.3 is 0 Å². The molecule has 0 saturated heterocycles. The van der Waals surface area contributed by atoms with Crippen molar-refractivity contribution in [2.45, 2.75) is 39.5 Å². The van der Waals surface area contributed by atoms with E-state index in [2.05, 4.69) is 39.3 Å². The Bertz CT molecular complexity index is 448. The van der Waals surface area contributed by atoms with E-state index in [4.69, 9.17) is 0 Å². The second kappa shape index (κ2) is 7.89. The van der Waals surface area contributed by atoms with Gasteiger partial charge in [0.05, 0.1) is 0 Å². The minimum absolute atomic E-state index is 0.648. The first-order valence-corrected chi connectivity index (χ1v) is 7.48. The van der Waals surface area contributed by atoms with Gasteiger partial charge in [-0.3, -0.25) is 0 Å². The number of allylic oxidation sites excluding steroid dienone is 8. The molecule has 0 aliphatic heterocycles. The van der Waals surface area contributed by atoms with E-state index in [9.17, 15) is 0 Å². The fraction of sp³-hybridized carbons (Fsp3) is 0.400. The molecule has 108 valence electrons. The van der Waals surface area contributed by atoms with Gasteiger partial charge in [0.15, 0.2) is 0 Å². The largest absolute Gasteiger partial charge is 0.0961 e. The molecule has 0 aromatic carbocycles. The molecule has 0 heterocycles. The van der Waals surface area contributed by atoms with Crippen molar-refractivity contribution >= 4 is 0 Å². The smallest absolute Gasteiger partial charge is 0.0168 e. The van der Waals surface area contributed by atoms with Gasteiger partial charge >= 0.3 is 0 Å². The quantitative estimate of drug-likeness (QED) is 0.505. The van der Waals surface area contributed by atoms with Gasteiger partial charge in [-0.05, 0) is 42.7 Å². The van der Waals surface area contributed by atoms with Crippen molar-refractivity contribution in [3.63, 3.8) is 0 Å². The Kier molecular flexibility index (Phi) is 6.51. The van der Waals surface area contributed by atoms with Crippen LogP contribution in [-0.4, -0.2) is 0 Å². The van der Waals surface area contributed by atoms with E-state index < -0.39 is 0 Å². The zero-order valence-electron chi connectivity index (χ0n) is 13.1. The van der Waals surface area contributed by atoms with E-state index in [-0.39, 0.29) is 0 Å². The molecule has 1 aliphatic carbocycles. The fourth-order valence-corrected chi connectivity index (χ4v) is 2.43. The third kappa shape index (κ3) is 5.61. The molecule has 1 aliphatic rings. The van der Waals surface area contributed by atoms with Crippen LogP contribution in [0.2, 0.25) is 0 Å². The lowest BCUT2D eigenvalue weighted by Gasteiger charge is -2.26. The zero-order valence-corrected chi connectivity index (χ0v) is 13.1. The third-order valence-corrected chi connectivity index (χ3v) is 4.02. The summed E-state index contributed by atoms with van der Waals surface area (Å²) in [5, 5.41) is 0. The number of rotatable bonds is 6. The van der Waals surface area contributed by atoms with Crippen LogP contribution in [0.4, 0.5) is 0 Å². The maximum atomic E-state index is 4.22. The van der Waals surface area contributed by atoms with E-state index in [0.29, 0.717) is 5.92 Å². The molecule has 0 unspecified atom stereocenters. The van der Waals surface area contributed by atoms with Gasteiger partial charge in [0.2, 0.25) is 0 Å². The number of hydrogen-bond donors (Lipinski definition) is 0. The Balaban J connectivity index is 2.50. The summed E-state index contributed by atoms with van der Waals surface area (Å²) in [6, 6.07) is 0. The highest BCUT2D eigenvalue weighted by atomic mass is 14.2. The summed E-state index contributed by atoms with van der Waals surface area (Å²) >= 11 is 0. The first-order valence-electron chi connectivity index (χ1n) is 7.48. The summed E-state index contributed by atoms with van der Waals surface area (Å²) in [4.78, 5) is 0. The molecule has 0 amide bonds. The first-order chi connectivity index (χ1) is 9.40. The summed E-state index contributed by atoms with van der Waals surface area (Å²) in [5.41, 5.74) is 4.11. The van der Waals surface area contributed by atoms with Crippen LogP contribution in [0.25, 0.3) is 0 Å². The molecule has 0 spiro atoms. The van der Waals surface area contributed by atoms with E-state index in [1.54, 1.807) is 0 Å². The molecule has 0 heteroatoms. The van der Waals surface area contributed by atoms with Crippen molar-refractivity contribution in [1.82, 2.24) is 0 Å². The SMILES string of the molecule is C=C(C)/C=C\C(=C)C(=C)/C=C\C(=C)C1CCC(C)CC1. The Morgan fingerprint density at radius 2 is 1.30 bits per heavy atom. The van der Waals surface area contributed by atoms with Gasteiger partial charge in [0.1, 0.15) is 0 Å². The van der Waals surface area contributed by atoms with Crippen molar-refractivity contribution < 1.29 is 0 Å². The van der Waals surface area contributed by atoms with Gasteiger partial charge in [0.25, 0.3) is 0 Å². The molecule has 1 fully saturated rings. The van der Waals surface area contributed by atoms with E-state index in [0.717, 1.165) is 22.6 Å². The highest BCUT2D eigenvalue weighted by Gasteiger charge is 2.19. The molecule has 0 atom stereocenters. The lowest BCUT2D eigenvalue weighted by atomic mass is 9.79. The molecular weight excluding hydrogens is 240 g/mol. The fourth-order valence-electron chi connectivity index (χ4n) is 2.43. The Hall–Kier alpha value is -1.56. The monoisotopic (exact) mass is 268 g/mol. The van der Waals surface area contributed by atoms with Crippen molar-refractivity contribution in [2.24, 2.45) is 11.8 Å². The summed E-state index contributed by atoms with van der Waals surface area (Å²) in [7, 11) is 0. The minimum atomic E-state index is 0.648. The molecular formula is C20H28. The third-order valence-electron chi connectivity index (χ3n) is 4.02. The maximum absolute atomic E-state index is 4.22. The molecule has 1 rings (SSSR count). The van der Waals surface area contributed by atoms with Gasteiger partial charge in [-0.25, -0.2) is 0 Å². The van der Waals surface area contributed by atoms with Gasteiger partial charge in [-0.2, -0.15) is 0 Å². The van der Waals surface area contributed by atoms with Crippen LogP contribution >= 0.6 is 0 Å². The van der Waals surface area contributed by atoms with Crippen LogP contribution in [-0.2, 0) is 0 Å². The van der Waals surface area contributed by atoms with Crippen LogP contribution in [0.5, 0.6) is 0 Å². The standard InChI is InChI=1S/C20H28/c1-15(2)7-10-17(4)18(5)11-12-19(6)20-13-8-16(3)9-14-20/h7,10-12,16,20H,1,4-6,8-9,13-14H2,2-3H3/b10-7-,12-11-. The highest BCUT2D eigenvalue weighted by Crippen LogP contribution is 2.32. The van der Waals surface area contributed by atoms with Crippen molar-refractivity contribution in [1.29, 1.82) is 0 Å². The normalized spacial score (nSPS) is 23.1. The Morgan fingerprint density at radius 1 is 0.800 bits per heavy atom. The lowest BCUT2D eigenvalue weighted by molar-refractivity contribution is 0.324. The van der Waals surface area contributed by atoms with E-state index >= 15 is 0 Å². The molecule has 0 aromatic heterocycles. The second-order valence-corrected chi connectivity index (χ2v) is 6.10. The molecule has 0 nitrogen and oxygen atoms in total. The van der Waals surface area contributed by atoms with E-state index in [1.165, 1.54) is 31.3 Å². The summed E-state index contributed by atoms with van der Waals surface area (Å²) in [6.07, 6.45) is 13.3. The number of hydrogen-bond acceptors (Lipinski definition) is 0. The lowest BCUT2D eigenvalue weighted by Crippen LogP contribution is -2.13. The maximum Gasteiger partial charge on any atom is -0.0168 e. The predicted octanol–water partition coefficient (Wildman–Crippen LogP) is 6.17. The predicted molar refractivity (Wildman–Crippen MR) is 91.6 cm³/mol. The van der Waals surface area contributed by atoms with Crippen LogP contribution < -0.4 is 0 Å². The molecule has 0 radical (unpaired) electrons. The second-order valence-electron chi connectivity index (χ2n) is 6.10. The van der Waals surface area contributed by atoms with Crippen molar-refractivity contribution in [3.05, 3.63) is 72.9 Å². The molecule has 1 saturated carbocycles. The molecule has 0 bridgehead atoms. The van der Waals surface area contributed by atoms with Crippen LogP contribution in [0.1, 0.15) is 39.5 Å². The van der Waals surface area contributed by atoms with Crippen LogP contribution in [0.15, 0.2) is 72.9 Å². The van der Waals surface area contributed by atoms with Crippen molar-refractivity contribution in [2.75, 3.05) is 0 Å². The van der Waals surface area contributed by atoms with Crippen LogP contribution in [0, 0.1) is 11.8 Å². The summed E-state index contributed by atoms with van der Waals surface area (Å²) in [5.74, 6) is 1.53. The molecule has 0 aromatic rings. The molecule has 20 heavy (non-hydrogen) atoms. The zero-order chi connectivity index (χ0) is 15.1. The van der Waals surface area contributed by atoms with Crippen molar-refractivity contribution in [3.8, 4) is 0 Å². The van der Waals surface area contributed by atoms with Crippen LogP contribution in [0.3, 0.4) is 0 Å².